The summed E-state index contributed by atoms with van der Waals surface area (Å²) >= 11 is 0. The molecule has 2 heterocycles. The molecule has 0 bridgehead atoms. The summed E-state index contributed by atoms with van der Waals surface area (Å²) in [5, 5.41) is 25.0. The van der Waals surface area contributed by atoms with Gasteiger partial charge < -0.3 is 48.1 Å². The Bertz CT molecular complexity index is 1690. The van der Waals surface area contributed by atoms with Crippen LogP contribution in [0.3, 0.4) is 0 Å². The van der Waals surface area contributed by atoms with Crippen molar-refractivity contribution < 1.29 is 60.7 Å². The molecule has 0 spiro atoms. The lowest BCUT2D eigenvalue weighted by molar-refractivity contribution is -0.313. The molecule has 2 N–H and O–H groups in total. The maximum absolute atomic E-state index is 13.0. The number of methoxy groups -OCH3 is 4. The molecule has 3 aromatic rings. The van der Waals surface area contributed by atoms with Crippen molar-refractivity contribution in [1.82, 2.24) is 0 Å². The van der Waals surface area contributed by atoms with E-state index >= 15 is 0 Å². The van der Waals surface area contributed by atoms with Crippen molar-refractivity contribution in [3.63, 3.8) is 0 Å². The molecule has 8 atom stereocenters. The fourth-order valence-electron chi connectivity index (χ4n) is 7.11. The van der Waals surface area contributed by atoms with Crippen molar-refractivity contribution in [3.8, 4) is 23.0 Å². The van der Waals surface area contributed by atoms with Crippen molar-refractivity contribution in [2.24, 2.45) is 0 Å². The van der Waals surface area contributed by atoms with Crippen LogP contribution in [0.25, 0.3) is 0 Å². The summed E-state index contributed by atoms with van der Waals surface area (Å²) in [5.74, 6) is 0.537. The number of ether oxygens (including phenoxy) is 8. The van der Waals surface area contributed by atoms with Crippen LogP contribution in [0.2, 0.25) is 0 Å². The van der Waals surface area contributed by atoms with Crippen LogP contribution in [0, 0.1) is 0 Å². The third-order valence-corrected chi connectivity index (χ3v) is 9.74. The van der Waals surface area contributed by atoms with E-state index in [1.54, 1.807) is 43.5 Å². The quantitative estimate of drug-likeness (QED) is 0.268. The van der Waals surface area contributed by atoms with Gasteiger partial charge in [0.2, 0.25) is 6.29 Å². The molecule has 0 radical (unpaired) electrons. The summed E-state index contributed by atoms with van der Waals surface area (Å²) in [6, 6.07) is 19.7. The van der Waals surface area contributed by atoms with Gasteiger partial charge in [0.25, 0.3) is 16.4 Å². The molecular weight excluding hydrogens is 648 g/mol. The van der Waals surface area contributed by atoms with E-state index in [9.17, 15) is 18.6 Å². The molecule has 1 aliphatic carbocycles. The van der Waals surface area contributed by atoms with Crippen LogP contribution in [-0.2, 0) is 44.5 Å². The first-order valence-corrected chi connectivity index (χ1v) is 17.2. The van der Waals surface area contributed by atoms with Gasteiger partial charge in [0.1, 0.15) is 29.1 Å². The summed E-state index contributed by atoms with van der Waals surface area (Å²) in [5.41, 5.74) is -2.09. The average Bonchev–Trinajstić information content (AvgIpc) is 3.45. The molecule has 260 valence electrons. The summed E-state index contributed by atoms with van der Waals surface area (Å²) < 4.78 is 75.3. The Balaban J connectivity index is 1.42. The van der Waals surface area contributed by atoms with Crippen molar-refractivity contribution in [1.29, 1.82) is 0 Å². The molecule has 3 aromatic carbocycles. The van der Waals surface area contributed by atoms with E-state index in [-0.39, 0.29) is 42.4 Å². The van der Waals surface area contributed by atoms with Crippen LogP contribution < -0.4 is 18.9 Å². The van der Waals surface area contributed by atoms with Crippen LogP contribution in [0.1, 0.15) is 29.0 Å². The first-order valence-electron chi connectivity index (χ1n) is 15.4. The number of aliphatic hydroxyl groups excluding tert-OH is 1. The van der Waals surface area contributed by atoms with Gasteiger partial charge in [0.15, 0.2) is 11.2 Å². The van der Waals surface area contributed by atoms with Gasteiger partial charge in [-0.15, -0.1) is 0 Å². The first kappa shape index (κ1) is 34.4. The second kappa shape index (κ2) is 13.4. The molecule has 3 aliphatic rings. The molecule has 1 saturated heterocycles. The van der Waals surface area contributed by atoms with Crippen LogP contribution in [0.5, 0.6) is 23.0 Å². The number of hydrogen-bond acceptors (Lipinski definition) is 13. The highest BCUT2D eigenvalue weighted by Gasteiger charge is 2.77. The summed E-state index contributed by atoms with van der Waals surface area (Å²) in [7, 11) is 2.31. The van der Waals surface area contributed by atoms with Crippen molar-refractivity contribution in [3.05, 3.63) is 83.4 Å². The van der Waals surface area contributed by atoms with Crippen LogP contribution in [-0.4, -0.2) is 97.4 Å². The maximum Gasteiger partial charge on any atom is 0.264 e. The molecule has 48 heavy (non-hydrogen) atoms. The lowest BCUT2D eigenvalue weighted by Gasteiger charge is -2.40. The number of rotatable bonds is 12. The van der Waals surface area contributed by atoms with E-state index < -0.39 is 58.1 Å². The number of hydrogen-bond donors (Lipinski definition) is 2. The predicted molar refractivity (Wildman–Crippen MR) is 170 cm³/mol. The van der Waals surface area contributed by atoms with E-state index in [1.807, 2.05) is 30.3 Å². The summed E-state index contributed by atoms with van der Waals surface area (Å²) in [6.45, 7) is 0.0239. The van der Waals surface area contributed by atoms with Gasteiger partial charge in [-0.3, -0.25) is 4.18 Å². The lowest BCUT2D eigenvalue weighted by atomic mass is 9.71. The fraction of sp³-hybridized carbons (Fsp3) is 0.471. The second-order valence-corrected chi connectivity index (χ2v) is 13.5. The van der Waals surface area contributed by atoms with Crippen LogP contribution >= 0.6 is 0 Å². The maximum atomic E-state index is 13.0. The zero-order chi connectivity index (χ0) is 34.3. The average molecular weight is 689 g/mol. The van der Waals surface area contributed by atoms with Crippen molar-refractivity contribution in [2.45, 2.75) is 54.4 Å². The third kappa shape index (κ3) is 5.79. The molecule has 2 aliphatic heterocycles. The van der Waals surface area contributed by atoms with E-state index in [2.05, 4.69) is 0 Å². The van der Waals surface area contributed by atoms with Gasteiger partial charge in [-0.1, -0.05) is 42.5 Å². The highest BCUT2D eigenvalue weighted by Crippen LogP contribution is 2.69. The first-order chi connectivity index (χ1) is 23.0. The molecule has 0 aromatic heterocycles. The molecule has 2 fully saturated rings. The molecule has 0 amide bonds. The van der Waals surface area contributed by atoms with Crippen molar-refractivity contribution >= 4 is 10.1 Å². The summed E-state index contributed by atoms with van der Waals surface area (Å²) in [6.07, 6.45) is -3.69. The smallest absolute Gasteiger partial charge is 0.264 e. The van der Waals surface area contributed by atoms with E-state index in [0.29, 0.717) is 11.3 Å². The van der Waals surface area contributed by atoms with Crippen molar-refractivity contribution in [2.75, 3.05) is 47.9 Å². The Morgan fingerprint density at radius 2 is 1.65 bits per heavy atom. The Morgan fingerprint density at radius 3 is 2.27 bits per heavy atom. The lowest BCUT2D eigenvalue weighted by Crippen LogP contribution is -2.52. The Labute approximate surface area is 279 Å². The minimum atomic E-state index is -3.62. The zero-order valence-corrected chi connectivity index (χ0v) is 28.0. The molecule has 0 unspecified atom stereocenters. The Hall–Kier alpha value is -3.47. The van der Waals surface area contributed by atoms with E-state index in [1.165, 1.54) is 21.3 Å². The SMILES string of the molecule is COc1ccc([C@@]23Oc4cc(O[C@@H]5O[C@@H](CCOS(C)(=O)=O)CO[C@H]5OC)cc(OC)c4[C@]2(O)[C@H](O)[C@H](OC)[C@H]3c2ccccc2)cc1. The number of aliphatic hydroxyl groups is 2. The standard InChI is InChI=1S/C34H40O13S/c1-39-22-13-11-21(12-14-22)34-27(20-9-7-6-8-10-20)29(41-3)30(35)33(34,36)28-25(40-2)17-24(18-26(28)47-34)46-32-31(42-4)43-19-23(45-32)15-16-44-48(5,37)38/h6-14,17-18,23,27,29-32,35-36H,15-16,19H2,1-5H3/t23-,27+,29+,30+,31+,32-,33-,34-/m0/s1. The molecule has 14 heteroatoms. The molecule has 6 rings (SSSR count). The van der Waals surface area contributed by atoms with Gasteiger partial charge in [-0.05, 0) is 23.3 Å². The normalized spacial score (nSPS) is 31.1. The molecule has 13 nitrogen and oxygen atoms in total. The van der Waals surface area contributed by atoms with Gasteiger partial charge >= 0.3 is 0 Å². The monoisotopic (exact) mass is 688 g/mol. The zero-order valence-electron chi connectivity index (χ0n) is 27.2. The number of benzene rings is 3. The predicted octanol–water partition coefficient (Wildman–Crippen LogP) is 2.81. The minimum Gasteiger partial charge on any atom is -0.497 e. The van der Waals surface area contributed by atoms with Gasteiger partial charge in [-0.2, -0.15) is 8.42 Å². The topological polar surface area (TPSA) is 158 Å². The van der Waals surface area contributed by atoms with Gasteiger partial charge in [0.05, 0.1) is 57.4 Å². The second-order valence-electron chi connectivity index (χ2n) is 11.9. The van der Waals surface area contributed by atoms with E-state index in [4.69, 9.17) is 42.1 Å². The van der Waals surface area contributed by atoms with Crippen LogP contribution in [0.4, 0.5) is 0 Å². The highest BCUT2D eigenvalue weighted by atomic mass is 32.2. The summed E-state index contributed by atoms with van der Waals surface area (Å²) in [4.78, 5) is 0. The van der Waals surface area contributed by atoms with Gasteiger partial charge in [-0.25, -0.2) is 0 Å². The Kier molecular flexibility index (Phi) is 9.63. The van der Waals surface area contributed by atoms with Gasteiger partial charge in [0, 0.05) is 32.8 Å². The minimum absolute atomic E-state index is 0.100. The third-order valence-electron chi connectivity index (χ3n) is 9.15. The largest absolute Gasteiger partial charge is 0.497 e. The molecule has 1 saturated carbocycles. The molecular formula is C34H40O13S. The van der Waals surface area contributed by atoms with E-state index in [0.717, 1.165) is 11.8 Å². The number of fused-ring (bicyclic) bond motifs is 3. The highest BCUT2D eigenvalue weighted by molar-refractivity contribution is 7.85. The fourth-order valence-corrected chi connectivity index (χ4v) is 7.51. The van der Waals surface area contributed by atoms with Crippen LogP contribution in [0.15, 0.2) is 66.7 Å². The Morgan fingerprint density at radius 1 is 0.917 bits per heavy atom.